The van der Waals surface area contributed by atoms with Crippen molar-refractivity contribution in [3.63, 3.8) is 0 Å². The lowest BCUT2D eigenvalue weighted by Crippen LogP contribution is -2.06. The normalized spacial score (nSPS) is 10.6. The van der Waals surface area contributed by atoms with E-state index in [-0.39, 0.29) is 5.56 Å². The van der Waals surface area contributed by atoms with E-state index in [0.29, 0.717) is 34.9 Å². The molecule has 20 heavy (non-hydrogen) atoms. The maximum Gasteiger partial charge on any atom is 0.341 e. The maximum atomic E-state index is 11.8. The van der Waals surface area contributed by atoms with E-state index >= 15 is 0 Å². The second-order valence-corrected chi connectivity index (χ2v) is 4.61. The molecule has 2 aromatic rings. The van der Waals surface area contributed by atoms with Crippen LogP contribution in [0, 0.1) is 0 Å². The number of aromatic nitrogens is 1. The lowest BCUT2D eigenvalue weighted by Gasteiger charge is -2.09. The Bertz CT molecular complexity index is 628. The molecule has 0 bridgehead atoms. The van der Waals surface area contributed by atoms with Crippen LogP contribution in [0.1, 0.15) is 30.6 Å². The van der Waals surface area contributed by atoms with Crippen molar-refractivity contribution in [1.29, 1.82) is 0 Å². The Labute approximate surface area is 122 Å². The molecule has 0 unspecified atom stereocenters. The summed E-state index contributed by atoms with van der Waals surface area (Å²) in [7, 11) is 0. The minimum Gasteiger partial charge on any atom is -0.494 e. The highest BCUT2D eigenvalue weighted by Gasteiger charge is 2.15. The van der Waals surface area contributed by atoms with Gasteiger partial charge in [0.2, 0.25) is 0 Å². The third-order valence-corrected chi connectivity index (χ3v) is 3.15. The van der Waals surface area contributed by atoms with Crippen LogP contribution in [0.4, 0.5) is 0 Å². The first-order valence-electron chi connectivity index (χ1n) is 6.55. The smallest absolute Gasteiger partial charge is 0.341 e. The molecule has 1 heterocycles. The summed E-state index contributed by atoms with van der Waals surface area (Å²) in [5, 5.41) is 1.03. The van der Waals surface area contributed by atoms with Crippen molar-refractivity contribution >= 4 is 28.5 Å². The number of rotatable bonds is 5. The molecule has 1 aromatic heterocycles. The van der Waals surface area contributed by atoms with Crippen LogP contribution in [0.3, 0.4) is 0 Å². The van der Waals surface area contributed by atoms with Crippen LogP contribution in [-0.2, 0) is 4.74 Å². The SMILES string of the molecule is CCCOc1ccc2ncc(C(=O)OCC)c(Cl)c2c1. The van der Waals surface area contributed by atoms with Gasteiger partial charge in [-0.15, -0.1) is 0 Å². The van der Waals surface area contributed by atoms with Crippen LogP contribution in [0.5, 0.6) is 5.75 Å². The highest BCUT2D eigenvalue weighted by atomic mass is 35.5. The van der Waals surface area contributed by atoms with Gasteiger partial charge in [0.15, 0.2) is 0 Å². The fourth-order valence-electron chi connectivity index (χ4n) is 1.80. The van der Waals surface area contributed by atoms with E-state index in [2.05, 4.69) is 4.98 Å². The molecule has 4 nitrogen and oxygen atoms in total. The molecule has 0 amide bonds. The summed E-state index contributed by atoms with van der Waals surface area (Å²) in [6, 6.07) is 5.45. The molecular weight excluding hydrogens is 278 g/mol. The van der Waals surface area contributed by atoms with Crippen LogP contribution in [0.2, 0.25) is 5.02 Å². The summed E-state index contributed by atoms with van der Waals surface area (Å²) >= 11 is 6.28. The lowest BCUT2D eigenvalue weighted by atomic mass is 10.1. The van der Waals surface area contributed by atoms with Crippen molar-refractivity contribution < 1.29 is 14.3 Å². The van der Waals surface area contributed by atoms with Crippen molar-refractivity contribution in [2.45, 2.75) is 20.3 Å². The number of carbonyl (C=O) groups is 1. The monoisotopic (exact) mass is 293 g/mol. The molecule has 0 saturated heterocycles. The summed E-state index contributed by atoms with van der Waals surface area (Å²) in [6.07, 6.45) is 2.36. The topological polar surface area (TPSA) is 48.4 Å². The van der Waals surface area contributed by atoms with Gasteiger partial charge in [-0.2, -0.15) is 0 Å². The van der Waals surface area contributed by atoms with Gasteiger partial charge in [-0.25, -0.2) is 4.79 Å². The van der Waals surface area contributed by atoms with E-state index in [9.17, 15) is 4.79 Å². The minimum absolute atomic E-state index is 0.272. The summed E-state index contributed by atoms with van der Waals surface area (Å²) in [6.45, 7) is 4.71. The molecule has 0 N–H and O–H groups in total. The predicted molar refractivity (Wildman–Crippen MR) is 78.5 cm³/mol. The van der Waals surface area contributed by atoms with Gasteiger partial charge in [-0.1, -0.05) is 18.5 Å². The van der Waals surface area contributed by atoms with Crippen molar-refractivity contribution in [1.82, 2.24) is 4.98 Å². The van der Waals surface area contributed by atoms with Gasteiger partial charge in [0.05, 0.1) is 29.3 Å². The van der Waals surface area contributed by atoms with Crippen molar-refractivity contribution in [3.8, 4) is 5.75 Å². The molecule has 0 aliphatic rings. The largest absolute Gasteiger partial charge is 0.494 e. The molecular formula is C15H16ClNO3. The average molecular weight is 294 g/mol. The quantitative estimate of drug-likeness (QED) is 0.786. The summed E-state index contributed by atoms with van der Waals surface area (Å²) in [5.41, 5.74) is 0.987. The number of pyridine rings is 1. The molecule has 0 aliphatic carbocycles. The highest BCUT2D eigenvalue weighted by Crippen LogP contribution is 2.29. The standard InChI is InChI=1S/C15H16ClNO3/c1-3-7-20-10-5-6-13-11(8-10)14(16)12(9-17-13)15(18)19-4-2/h5-6,8-9H,3-4,7H2,1-2H3. The number of benzene rings is 1. The zero-order valence-corrected chi connectivity index (χ0v) is 12.2. The van der Waals surface area contributed by atoms with Crippen LogP contribution in [0.25, 0.3) is 10.9 Å². The van der Waals surface area contributed by atoms with E-state index in [1.165, 1.54) is 6.20 Å². The molecule has 0 fully saturated rings. The van der Waals surface area contributed by atoms with Gasteiger partial charge < -0.3 is 9.47 Å². The number of carbonyl (C=O) groups excluding carboxylic acids is 1. The molecule has 0 radical (unpaired) electrons. The van der Waals surface area contributed by atoms with Crippen LogP contribution in [0.15, 0.2) is 24.4 Å². The predicted octanol–water partition coefficient (Wildman–Crippen LogP) is 3.85. The first-order chi connectivity index (χ1) is 9.67. The summed E-state index contributed by atoms with van der Waals surface area (Å²) in [5.74, 6) is 0.246. The van der Waals surface area contributed by atoms with Crippen molar-refractivity contribution in [2.24, 2.45) is 0 Å². The fraction of sp³-hybridized carbons (Fsp3) is 0.333. The molecule has 1 aromatic carbocycles. The number of hydrogen-bond acceptors (Lipinski definition) is 4. The zero-order chi connectivity index (χ0) is 14.5. The highest BCUT2D eigenvalue weighted by molar-refractivity contribution is 6.38. The molecule has 0 atom stereocenters. The first kappa shape index (κ1) is 14.6. The van der Waals surface area contributed by atoms with Crippen LogP contribution in [-0.4, -0.2) is 24.2 Å². The molecule has 5 heteroatoms. The van der Waals surface area contributed by atoms with Crippen LogP contribution < -0.4 is 4.74 Å². The Kier molecular flexibility index (Phi) is 4.79. The number of nitrogens with zero attached hydrogens (tertiary/aromatic N) is 1. The first-order valence-corrected chi connectivity index (χ1v) is 6.93. The van der Waals surface area contributed by atoms with Gasteiger partial charge in [-0.3, -0.25) is 4.98 Å². The van der Waals surface area contributed by atoms with Gasteiger partial charge in [0.1, 0.15) is 5.75 Å². The van der Waals surface area contributed by atoms with Crippen LogP contribution >= 0.6 is 11.6 Å². The Morgan fingerprint density at radius 1 is 1.35 bits per heavy atom. The third-order valence-electron chi connectivity index (χ3n) is 2.74. The summed E-state index contributed by atoms with van der Waals surface area (Å²) in [4.78, 5) is 16.0. The number of hydrogen-bond donors (Lipinski definition) is 0. The van der Waals surface area contributed by atoms with Crippen molar-refractivity contribution in [3.05, 3.63) is 35.0 Å². The van der Waals surface area contributed by atoms with E-state index in [1.807, 2.05) is 19.1 Å². The van der Waals surface area contributed by atoms with Gasteiger partial charge in [0, 0.05) is 11.6 Å². The van der Waals surface area contributed by atoms with Gasteiger partial charge >= 0.3 is 5.97 Å². The van der Waals surface area contributed by atoms with E-state index < -0.39 is 5.97 Å². The zero-order valence-electron chi connectivity index (χ0n) is 11.5. The molecule has 106 valence electrons. The second-order valence-electron chi connectivity index (χ2n) is 4.23. The molecule has 0 saturated carbocycles. The average Bonchev–Trinajstić information content (AvgIpc) is 2.46. The number of halogens is 1. The molecule has 0 aliphatic heterocycles. The van der Waals surface area contributed by atoms with E-state index in [1.54, 1.807) is 13.0 Å². The fourth-order valence-corrected chi connectivity index (χ4v) is 2.08. The summed E-state index contributed by atoms with van der Waals surface area (Å²) < 4.78 is 10.5. The van der Waals surface area contributed by atoms with E-state index in [4.69, 9.17) is 21.1 Å². The molecule has 0 spiro atoms. The van der Waals surface area contributed by atoms with Gasteiger partial charge in [-0.05, 0) is 31.5 Å². The Hall–Kier alpha value is -1.81. The third kappa shape index (κ3) is 3.02. The van der Waals surface area contributed by atoms with Crippen molar-refractivity contribution in [2.75, 3.05) is 13.2 Å². The Morgan fingerprint density at radius 2 is 2.15 bits per heavy atom. The Morgan fingerprint density at radius 3 is 2.85 bits per heavy atom. The van der Waals surface area contributed by atoms with Gasteiger partial charge in [0.25, 0.3) is 0 Å². The van der Waals surface area contributed by atoms with E-state index in [0.717, 1.165) is 6.42 Å². The Balaban J connectivity index is 2.44. The second kappa shape index (κ2) is 6.57. The minimum atomic E-state index is -0.466. The molecule has 2 rings (SSSR count). The number of esters is 1. The lowest BCUT2D eigenvalue weighted by molar-refractivity contribution is 0.0526. The number of ether oxygens (including phenoxy) is 2. The maximum absolute atomic E-state index is 11.8. The number of fused-ring (bicyclic) bond motifs is 1.